The van der Waals surface area contributed by atoms with Gasteiger partial charge >= 0.3 is 5.78 Å². The molecule has 0 saturated heterocycles. The Balaban J connectivity index is 2.24. The Kier molecular flexibility index (Phi) is 1.61. The molecule has 1 N–H and O–H groups in total. The third-order valence-electron chi connectivity index (χ3n) is 2.08. The van der Waals surface area contributed by atoms with Gasteiger partial charge in [0, 0.05) is 6.07 Å². The molecule has 0 aliphatic heterocycles. The molecule has 0 fully saturated rings. The monoisotopic (exact) mass is 202 g/mol. The van der Waals surface area contributed by atoms with Crippen molar-refractivity contribution in [2.45, 2.75) is 0 Å². The minimum absolute atomic E-state index is 0.871. The molecule has 0 spiro atoms. The van der Waals surface area contributed by atoms with Crippen molar-refractivity contribution in [2.24, 2.45) is 0 Å². The summed E-state index contributed by atoms with van der Waals surface area (Å²) < 4.78 is 1.98. The van der Waals surface area contributed by atoms with Crippen LogP contribution in [0, 0.1) is 0 Å². The quantitative estimate of drug-likeness (QED) is 0.600. The maximum atomic E-state index is 4.22. The van der Waals surface area contributed by atoms with E-state index in [-0.39, 0.29) is 0 Å². The molecule has 0 aliphatic rings. The highest BCUT2D eigenvalue weighted by Gasteiger charge is 2.09. The summed E-state index contributed by atoms with van der Waals surface area (Å²) in [6.45, 7) is 0. The fourth-order valence-electron chi connectivity index (χ4n) is 1.43. The third-order valence-corrected chi connectivity index (χ3v) is 2.98. The Morgan fingerprint density at radius 3 is 3.14 bits per heavy atom. The second-order valence-corrected chi connectivity index (χ2v) is 3.94. The molecule has 0 bridgehead atoms. The van der Waals surface area contributed by atoms with Crippen LogP contribution in [0.1, 0.15) is 0 Å². The Morgan fingerprint density at radius 1 is 1.36 bits per heavy atom. The number of H-pyrrole nitrogens is 1. The maximum absolute atomic E-state index is 4.22. The van der Waals surface area contributed by atoms with Crippen molar-refractivity contribution in [1.82, 2.24) is 9.97 Å². The molecule has 0 radical (unpaired) electrons. The van der Waals surface area contributed by atoms with Crippen LogP contribution >= 0.6 is 11.3 Å². The Morgan fingerprint density at radius 2 is 2.36 bits per heavy atom. The van der Waals surface area contributed by atoms with E-state index in [2.05, 4.69) is 21.4 Å². The Hall–Kier alpha value is -1.68. The first-order valence-corrected chi connectivity index (χ1v) is 5.20. The summed E-state index contributed by atoms with van der Waals surface area (Å²) in [5, 5.41) is 2.07. The molecule has 0 atom stereocenters. The van der Waals surface area contributed by atoms with Crippen LogP contribution in [0.2, 0.25) is 0 Å². The number of fused-ring (bicyclic) bond motifs is 1. The van der Waals surface area contributed by atoms with Crippen LogP contribution in [0.15, 0.2) is 42.2 Å². The molecule has 3 rings (SSSR count). The van der Waals surface area contributed by atoms with Gasteiger partial charge in [-0.05, 0) is 11.4 Å². The lowest BCUT2D eigenvalue weighted by Crippen LogP contribution is -2.17. The number of aromatic amines is 1. The average Bonchev–Trinajstić information content (AvgIpc) is 2.86. The summed E-state index contributed by atoms with van der Waals surface area (Å²) in [4.78, 5) is 8.72. The van der Waals surface area contributed by atoms with E-state index in [4.69, 9.17) is 0 Å². The van der Waals surface area contributed by atoms with Gasteiger partial charge in [-0.2, -0.15) is 0 Å². The summed E-state index contributed by atoms with van der Waals surface area (Å²) in [5.74, 6) is 0.871. The van der Waals surface area contributed by atoms with Crippen molar-refractivity contribution in [2.75, 3.05) is 0 Å². The number of nitrogens with zero attached hydrogens (tertiary/aromatic N) is 2. The average molecular weight is 202 g/mol. The van der Waals surface area contributed by atoms with Crippen molar-refractivity contribution in [1.29, 1.82) is 0 Å². The number of thiophene rings is 1. The number of imidazole rings is 1. The van der Waals surface area contributed by atoms with Crippen molar-refractivity contribution in [3.8, 4) is 10.6 Å². The predicted molar refractivity (Wildman–Crippen MR) is 55.1 cm³/mol. The van der Waals surface area contributed by atoms with Gasteiger partial charge in [-0.25, -0.2) is 9.38 Å². The highest BCUT2D eigenvalue weighted by molar-refractivity contribution is 7.13. The molecule has 3 aromatic rings. The molecule has 4 heteroatoms. The topological polar surface area (TPSA) is 32.8 Å². The highest BCUT2D eigenvalue weighted by Crippen LogP contribution is 2.21. The SMILES string of the molecule is c1csc(-c2c[n+]3cccnc3[nH]2)c1. The molecule has 0 aliphatic carbocycles. The molecular formula is C10H8N3S+. The van der Waals surface area contributed by atoms with E-state index in [1.54, 1.807) is 17.5 Å². The Bertz CT molecular complexity index is 521. The first kappa shape index (κ1) is 7.70. The van der Waals surface area contributed by atoms with Gasteiger partial charge in [-0.3, -0.25) is 0 Å². The number of aromatic nitrogens is 3. The molecule has 14 heavy (non-hydrogen) atoms. The van der Waals surface area contributed by atoms with Gasteiger partial charge in [0.15, 0.2) is 0 Å². The van der Waals surface area contributed by atoms with Gasteiger partial charge in [-0.15, -0.1) is 11.3 Å². The summed E-state index contributed by atoms with van der Waals surface area (Å²) >= 11 is 1.72. The number of nitrogens with one attached hydrogen (secondary N) is 1. The van der Waals surface area contributed by atoms with Crippen LogP contribution in [-0.2, 0) is 0 Å². The molecular weight excluding hydrogens is 194 g/mol. The largest absolute Gasteiger partial charge is 0.401 e. The van der Waals surface area contributed by atoms with Gasteiger partial charge in [0.2, 0.25) is 0 Å². The predicted octanol–water partition coefficient (Wildman–Crippen LogP) is 1.88. The second kappa shape index (κ2) is 2.92. The van der Waals surface area contributed by atoms with Crippen LogP contribution in [0.3, 0.4) is 0 Å². The van der Waals surface area contributed by atoms with Gasteiger partial charge in [0.1, 0.15) is 18.1 Å². The van der Waals surface area contributed by atoms with E-state index >= 15 is 0 Å². The molecule has 0 amide bonds. The van der Waals surface area contributed by atoms with E-state index in [0.717, 1.165) is 11.5 Å². The standard InChI is InChI=1S/C10H7N3S/c1-3-9(14-6-1)8-7-13-5-2-4-11-10(13)12-8/h1-7H/p+1. The molecule has 68 valence electrons. The van der Waals surface area contributed by atoms with Crippen LogP contribution < -0.4 is 4.40 Å². The van der Waals surface area contributed by atoms with Gasteiger partial charge in [0.05, 0.1) is 11.1 Å². The molecule has 3 aromatic heterocycles. The number of rotatable bonds is 1. The zero-order valence-electron chi connectivity index (χ0n) is 7.34. The lowest BCUT2D eigenvalue weighted by Gasteiger charge is -1.81. The van der Waals surface area contributed by atoms with E-state index in [0.29, 0.717) is 0 Å². The van der Waals surface area contributed by atoms with Crippen LogP contribution in [-0.4, -0.2) is 9.97 Å². The van der Waals surface area contributed by atoms with Crippen molar-refractivity contribution in [3.05, 3.63) is 42.2 Å². The van der Waals surface area contributed by atoms with Crippen LogP contribution in [0.4, 0.5) is 0 Å². The van der Waals surface area contributed by atoms with Crippen molar-refractivity contribution >= 4 is 17.1 Å². The summed E-state index contributed by atoms with van der Waals surface area (Å²) in [6.07, 6.45) is 5.81. The van der Waals surface area contributed by atoms with E-state index in [1.807, 2.05) is 28.9 Å². The van der Waals surface area contributed by atoms with Gasteiger partial charge < -0.3 is 0 Å². The Labute approximate surface area is 84.7 Å². The minimum atomic E-state index is 0.871. The highest BCUT2D eigenvalue weighted by atomic mass is 32.1. The smallest absolute Gasteiger partial charge is 0.237 e. The second-order valence-electron chi connectivity index (χ2n) is 3.00. The third kappa shape index (κ3) is 1.12. The minimum Gasteiger partial charge on any atom is -0.237 e. The summed E-state index contributed by atoms with van der Waals surface area (Å²) in [6, 6.07) is 6.05. The first-order valence-electron chi connectivity index (χ1n) is 4.32. The molecule has 3 nitrogen and oxygen atoms in total. The maximum Gasteiger partial charge on any atom is 0.401 e. The van der Waals surface area contributed by atoms with E-state index < -0.39 is 0 Å². The van der Waals surface area contributed by atoms with Crippen molar-refractivity contribution in [3.63, 3.8) is 0 Å². The molecule has 0 saturated carbocycles. The first-order chi connectivity index (χ1) is 6.93. The lowest BCUT2D eigenvalue weighted by molar-refractivity contribution is -0.512. The number of hydrogen-bond acceptors (Lipinski definition) is 2. The normalized spacial score (nSPS) is 10.9. The number of hydrogen-bond donors (Lipinski definition) is 1. The van der Waals surface area contributed by atoms with Crippen LogP contribution in [0.5, 0.6) is 0 Å². The van der Waals surface area contributed by atoms with E-state index in [1.165, 1.54) is 4.88 Å². The molecule has 0 unspecified atom stereocenters. The van der Waals surface area contributed by atoms with Gasteiger partial charge in [0.25, 0.3) is 0 Å². The zero-order valence-corrected chi connectivity index (χ0v) is 8.16. The summed E-state index contributed by atoms with van der Waals surface area (Å²) in [5.41, 5.74) is 1.11. The lowest BCUT2D eigenvalue weighted by atomic mass is 10.4. The van der Waals surface area contributed by atoms with Crippen molar-refractivity contribution < 1.29 is 4.40 Å². The van der Waals surface area contributed by atoms with E-state index in [9.17, 15) is 0 Å². The molecule has 0 aromatic carbocycles. The zero-order chi connectivity index (χ0) is 9.38. The summed E-state index contributed by atoms with van der Waals surface area (Å²) in [7, 11) is 0. The fourth-order valence-corrected chi connectivity index (χ4v) is 2.12. The fraction of sp³-hybridized carbons (Fsp3) is 0. The van der Waals surface area contributed by atoms with Crippen LogP contribution in [0.25, 0.3) is 16.3 Å². The van der Waals surface area contributed by atoms with Gasteiger partial charge in [-0.1, -0.05) is 11.1 Å². The molecule has 3 heterocycles.